The zero-order valence-corrected chi connectivity index (χ0v) is 17.8. The summed E-state index contributed by atoms with van der Waals surface area (Å²) < 4.78 is 0. The highest BCUT2D eigenvalue weighted by Crippen LogP contribution is 2.42. The van der Waals surface area contributed by atoms with Crippen molar-refractivity contribution in [3.63, 3.8) is 0 Å². The van der Waals surface area contributed by atoms with Crippen LogP contribution in [0.1, 0.15) is 47.6 Å². The maximum absolute atomic E-state index is 10.4. The van der Waals surface area contributed by atoms with E-state index in [0.29, 0.717) is 6.04 Å². The molecule has 0 saturated carbocycles. The van der Waals surface area contributed by atoms with Gasteiger partial charge in [-0.1, -0.05) is 30.3 Å². The number of benzene rings is 2. The molecular formula is C24H31N2OP. The van der Waals surface area contributed by atoms with Gasteiger partial charge in [0.05, 0.1) is 6.10 Å². The molecule has 1 aliphatic carbocycles. The molecule has 2 aromatic carbocycles. The molecule has 2 atom stereocenters. The lowest BCUT2D eigenvalue weighted by molar-refractivity contribution is 0.179. The molecule has 28 heavy (non-hydrogen) atoms. The second kappa shape index (κ2) is 7.78. The second-order valence-electron chi connectivity index (χ2n) is 8.70. The molecule has 0 radical (unpaired) electrons. The molecular weight excluding hydrogens is 363 g/mol. The fourth-order valence-electron chi connectivity index (χ4n) is 5.46. The standard InChI is InChI=1S/C24H31N2OP/c27-23-8-4-18-3-7-22-21(24(18)23)12-16-26(22)19-10-14-25(15-11-19)13-9-17-1-5-20(28)6-2-17/h1-3,5-7,19,23,27H,4,8-16,28H2. The summed E-state index contributed by atoms with van der Waals surface area (Å²) in [4.78, 5) is 5.28. The highest BCUT2D eigenvalue weighted by molar-refractivity contribution is 7.27. The number of aryl methyl sites for hydroxylation is 1. The largest absolute Gasteiger partial charge is 0.388 e. The second-order valence-corrected chi connectivity index (χ2v) is 9.36. The van der Waals surface area contributed by atoms with Crippen molar-refractivity contribution in [1.29, 1.82) is 0 Å². The van der Waals surface area contributed by atoms with Gasteiger partial charge in [-0.25, -0.2) is 0 Å². The predicted molar refractivity (Wildman–Crippen MR) is 120 cm³/mol. The lowest BCUT2D eigenvalue weighted by atomic mass is 9.99. The minimum atomic E-state index is -0.230. The topological polar surface area (TPSA) is 26.7 Å². The van der Waals surface area contributed by atoms with Gasteiger partial charge in [-0.05, 0) is 72.1 Å². The predicted octanol–water partition coefficient (Wildman–Crippen LogP) is 3.24. The molecule has 0 amide bonds. The van der Waals surface area contributed by atoms with E-state index in [0.717, 1.165) is 32.2 Å². The minimum Gasteiger partial charge on any atom is -0.388 e. The van der Waals surface area contributed by atoms with Crippen molar-refractivity contribution in [1.82, 2.24) is 4.90 Å². The van der Waals surface area contributed by atoms with Crippen molar-refractivity contribution in [3.05, 3.63) is 58.7 Å². The molecule has 2 heterocycles. The van der Waals surface area contributed by atoms with Gasteiger partial charge in [0.1, 0.15) is 0 Å². The van der Waals surface area contributed by atoms with Gasteiger partial charge in [-0.3, -0.25) is 0 Å². The highest BCUT2D eigenvalue weighted by atomic mass is 31.0. The van der Waals surface area contributed by atoms with Gasteiger partial charge in [0.25, 0.3) is 0 Å². The van der Waals surface area contributed by atoms with Crippen molar-refractivity contribution in [2.75, 3.05) is 31.1 Å². The van der Waals surface area contributed by atoms with Crippen LogP contribution < -0.4 is 10.2 Å². The third-order valence-corrected chi connectivity index (χ3v) is 7.43. The number of nitrogens with zero attached hydrogens (tertiary/aromatic N) is 2. The van der Waals surface area contributed by atoms with Gasteiger partial charge in [-0.2, -0.15) is 0 Å². The van der Waals surface area contributed by atoms with Crippen LogP contribution in [0.4, 0.5) is 5.69 Å². The summed E-state index contributed by atoms with van der Waals surface area (Å²) in [6, 6.07) is 14.1. The Bertz CT molecular complexity index is 842. The van der Waals surface area contributed by atoms with E-state index in [1.54, 1.807) is 0 Å². The lowest BCUT2D eigenvalue weighted by Crippen LogP contribution is -2.45. The van der Waals surface area contributed by atoms with Crippen LogP contribution in [-0.4, -0.2) is 42.2 Å². The number of aliphatic hydroxyl groups is 1. The Morgan fingerprint density at radius 2 is 1.71 bits per heavy atom. The van der Waals surface area contributed by atoms with E-state index in [9.17, 15) is 5.11 Å². The first-order chi connectivity index (χ1) is 13.7. The molecule has 2 aliphatic heterocycles. The number of fused-ring (bicyclic) bond motifs is 3. The third kappa shape index (κ3) is 3.49. The van der Waals surface area contributed by atoms with Crippen molar-refractivity contribution in [2.45, 2.75) is 50.7 Å². The molecule has 5 rings (SSSR count). The number of rotatable bonds is 4. The van der Waals surface area contributed by atoms with Crippen LogP contribution >= 0.6 is 9.24 Å². The Hall–Kier alpha value is -1.41. The third-order valence-electron chi connectivity index (χ3n) is 7.05. The van der Waals surface area contributed by atoms with Crippen LogP contribution in [0, 0.1) is 0 Å². The molecule has 3 aliphatic rings. The molecule has 0 spiro atoms. The quantitative estimate of drug-likeness (QED) is 0.807. The molecule has 1 saturated heterocycles. The summed E-state index contributed by atoms with van der Waals surface area (Å²) in [6.45, 7) is 4.70. The molecule has 148 valence electrons. The Morgan fingerprint density at radius 3 is 2.50 bits per heavy atom. The van der Waals surface area contributed by atoms with Gasteiger partial charge in [0.15, 0.2) is 0 Å². The number of piperidine rings is 1. The van der Waals surface area contributed by atoms with Crippen molar-refractivity contribution in [2.24, 2.45) is 0 Å². The van der Waals surface area contributed by atoms with Crippen LogP contribution in [-0.2, 0) is 19.3 Å². The molecule has 2 unspecified atom stereocenters. The van der Waals surface area contributed by atoms with E-state index in [2.05, 4.69) is 55.4 Å². The lowest BCUT2D eigenvalue weighted by Gasteiger charge is -2.38. The van der Waals surface area contributed by atoms with E-state index in [1.807, 2.05) is 0 Å². The summed E-state index contributed by atoms with van der Waals surface area (Å²) in [5, 5.41) is 11.7. The van der Waals surface area contributed by atoms with E-state index in [4.69, 9.17) is 0 Å². The Labute approximate surface area is 170 Å². The van der Waals surface area contributed by atoms with Crippen molar-refractivity contribution >= 4 is 20.2 Å². The summed E-state index contributed by atoms with van der Waals surface area (Å²) in [5.41, 5.74) is 6.96. The number of hydrogen-bond acceptors (Lipinski definition) is 3. The van der Waals surface area contributed by atoms with E-state index in [-0.39, 0.29) is 6.10 Å². The first kappa shape index (κ1) is 18.6. The summed E-state index contributed by atoms with van der Waals surface area (Å²) in [5.74, 6) is 0. The summed E-state index contributed by atoms with van der Waals surface area (Å²) in [6.07, 6.45) is 6.49. The van der Waals surface area contributed by atoms with Gasteiger partial charge in [0.2, 0.25) is 0 Å². The Kier molecular flexibility index (Phi) is 5.17. The van der Waals surface area contributed by atoms with Crippen molar-refractivity contribution in [3.8, 4) is 0 Å². The van der Waals surface area contributed by atoms with E-state index < -0.39 is 0 Å². The summed E-state index contributed by atoms with van der Waals surface area (Å²) >= 11 is 0. The maximum atomic E-state index is 10.4. The van der Waals surface area contributed by atoms with Crippen molar-refractivity contribution < 1.29 is 5.11 Å². The smallest absolute Gasteiger partial charge is 0.0799 e. The summed E-state index contributed by atoms with van der Waals surface area (Å²) in [7, 11) is 2.76. The van der Waals surface area contributed by atoms with E-state index in [1.165, 1.54) is 65.7 Å². The zero-order valence-electron chi connectivity index (χ0n) is 16.6. The maximum Gasteiger partial charge on any atom is 0.0799 e. The van der Waals surface area contributed by atoms with Gasteiger partial charge in [0, 0.05) is 37.9 Å². The molecule has 4 heteroatoms. The number of hydrogen-bond donors (Lipinski definition) is 1. The van der Waals surface area contributed by atoms with Gasteiger partial charge in [-0.15, -0.1) is 9.24 Å². The SMILES string of the molecule is OC1CCc2ccc3c(c21)CCN3C1CCN(CCc2ccc(P)cc2)CC1. The fraction of sp³-hybridized carbons (Fsp3) is 0.500. The Morgan fingerprint density at radius 1 is 0.929 bits per heavy atom. The average Bonchev–Trinajstić information content (AvgIpc) is 3.31. The minimum absolute atomic E-state index is 0.230. The van der Waals surface area contributed by atoms with Crippen LogP contribution in [0.2, 0.25) is 0 Å². The van der Waals surface area contributed by atoms with E-state index >= 15 is 0 Å². The molecule has 2 aromatic rings. The van der Waals surface area contributed by atoms with Crippen LogP contribution in [0.15, 0.2) is 36.4 Å². The zero-order chi connectivity index (χ0) is 19.1. The van der Waals surface area contributed by atoms with Crippen LogP contribution in [0.3, 0.4) is 0 Å². The van der Waals surface area contributed by atoms with Gasteiger partial charge < -0.3 is 14.9 Å². The molecule has 1 fully saturated rings. The first-order valence-corrected chi connectivity index (χ1v) is 11.4. The highest BCUT2D eigenvalue weighted by Gasteiger charge is 2.33. The number of aliphatic hydroxyl groups excluding tert-OH is 1. The first-order valence-electron chi connectivity index (χ1n) is 10.8. The monoisotopic (exact) mass is 394 g/mol. The average molecular weight is 394 g/mol. The number of likely N-dealkylation sites (tertiary alicyclic amines) is 1. The normalized spacial score (nSPS) is 22.5. The van der Waals surface area contributed by atoms with Crippen LogP contribution in [0.5, 0.6) is 0 Å². The molecule has 0 bridgehead atoms. The molecule has 3 nitrogen and oxygen atoms in total. The Balaban J connectivity index is 1.19. The molecule has 1 N–H and O–H groups in total. The van der Waals surface area contributed by atoms with Crippen LogP contribution in [0.25, 0.3) is 0 Å². The number of anilines is 1. The van der Waals surface area contributed by atoms with Gasteiger partial charge >= 0.3 is 0 Å². The molecule has 0 aromatic heterocycles. The fourth-order valence-corrected chi connectivity index (χ4v) is 5.65.